The van der Waals surface area contributed by atoms with Gasteiger partial charge in [0.1, 0.15) is 0 Å². The number of nitrogens with one attached hydrogen (secondary N) is 1. The number of hydrogen-bond acceptors (Lipinski definition) is 5. The minimum Gasteiger partial charge on any atom is -0.392 e. The summed E-state index contributed by atoms with van der Waals surface area (Å²) in [6.07, 6.45) is 0.627. The first-order valence-corrected chi connectivity index (χ1v) is 14.8. The lowest BCUT2D eigenvalue weighted by molar-refractivity contribution is -0.131. The van der Waals surface area contributed by atoms with Gasteiger partial charge in [-0.15, -0.1) is 0 Å². The monoisotopic (exact) mass is 549 g/mol. The topological polar surface area (TPSA) is 90.0 Å². The van der Waals surface area contributed by atoms with Crippen LogP contribution in [0.2, 0.25) is 0 Å². The standard InChI is InChI=1S/C31H39N3O4S/c1-31(2,3)25-12-16-28(17-13-25)39(37,38)32-26-14-10-23(11-15-26)20-30(36)33(4)29(24-8-6-5-7-9-24)22-34-19-18-27(35)21-34/h5-17,27,29,32,35H,18-22H2,1-4H3/t27-,29+/m0/s1. The number of nitrogens with zero attached hydrogens (tertiary/aromatic N) is 2. The molecule has 3 aromatic rings. The molecule has 39 heavy (non-hydrogen) atoms. The van der Waals surface area contributed by atoms with Gasteiger partial charge in [0.05, 0.1) is 23.5 Å². The van der Waals surface area contributed by atoms with Crippen LogP contribution in [0.25, 0.3) is 0 Å². The van der Waals surface area contributed by atoms with Crippen molar-refractivity contribution in [3.8, 4) is 0 Å². The van der Waals surface area contributed by atoms with Gasteiger partial charge < -0.3 is 10.0 Å². The van der Waals surface area contributed by atoms with E-state index in [4.69, 9.17) is 0 Å². The van der Waals surface area contributed by atoms with Crippen LogP contribution in [0, 0.1) is 0 Å². The van der Waals surface area contributed by atoms with E-state index in [2.05, 4.69) is 30.4 Å². The number of amides is 1. The highest BCUT2D eigenvalue weighted by Gasteiger charge is 2.28. The summed E-state index contributed by atoms with van der Waals surface area (Å²) in [5.41, 5.74) is 3.29. The van der Waals surface area contributed by atoms with Crippen molar-refractivity contribution < 1.29 is 18.3 Å². The molecule has 2 atom stereocenters. The molecule has 1 amide bonds. The number of rotatable bonds is 9. The number of carbonyl (C=O) groups is 1. The summed E-state index contributed by atoms with van der Waals surface area (Å²) in [6, 6.07) is 23.7. The number of benzene rings is 3. The Labute approximate surface area is 232 Å². The van der Waals surface area contributed by atoms with E-state index in [0.717, 1.165) is 29.7 Å². The number of hydrogen-bond donors (Lipinski definition) is 2. The molecule has 0 saturated carbocycles. The summed E-state index contributed by atoms with van der Waals surface area (Å²) < 4.78 is 28.4. The molecule has 0 bridgehead atoms. The largest absolute Gasteiger partial charge is 0.392 e. The smallest absolute Gasteiger partial charge is 0.261 e. The van der Waals surface area contributed by atoms with Gasteiger partial charge in [0.15, 0.2) is 0 Å². The lowest BCUT2D eigenvalue weighted by Gasteiger charge is -2.32. The molecule has 1 heterocycles. The van der Waals surface area contributed by atoms with Crippen LogP contribution >= 0.6 is 0 Å². The van der Waals surface area contributed by atoms with Gasteiger partial charge >= 0.3 is 0 Å². The Morgan fingerprint density at radius 2 is 1.67 bits per heavy atom. The molecule has 0 aromatic heterocycles. The predicted octanol–water partition coefficient (Wildman–Crippen LogP) is 4.59. The molecule has 7 nitrogen and oxygen atoms in total. The average molecular weight is 550 g/mol. The maximum atomic E-state index is 13.3. The van der Waals surface area contributed by atoms with Crippen LogP contribution in [-0.2, 0) is 26.7 Å². The van der Waals surface area contributed by atoms with Crippen molar-refractivity contribution in [1.29, 1.82) is 0 Å². The lowest BCUT2D eigenvalue weighted by Crippen LogP contribution is -2.39. The third-order valence-electron chi connectivity index (χ3n) is 7.32. The summed E-state index contributed by atoms with van der Waals surface area (Å²) in [7, 11) is -1.91. The van der Waals surface area contributed by atoms with Crippen molar-refractivity contribution >= 4 is 21.6 Å². The van der Waals surface area contributed by atoms with Gasteiger partial charge in [0.25, 0.3) is 10.0 Å². The maximum absolute atomic E-state index is 13.3. The SMILES string of the molecule is CN(C(=O)Cc1ccc(NS(=O)(=O)c2ccc(C(C)(C)C)cc2)cc1)[C@H](CN1CC[C@H](O)C1)c1ccccc1. The van der Waals surface area contributed by atoms with Crippen LogP contribution < -0.4 is 4.72 Å². The van der Waals surface area contributed by atoms with E-state index in [9.17, 15) is 18.3 Å². The quantitative estimate of drug-likeness (QED) is 0.407. The fourth-order valence-corrected chi connectivity index (χ4v) is 5.92. The average Bonchev–Trinajstić information content (AvgIpc) is 3.32. The highest BCUT2D eigenvalue weighted by Crippen LogP contribution is 2.26. The Morgan fingerprint density at radius 3 is 2.23 bits per heavy atom. The molecule has 4 rings (SSSR count). The molecular formula is C31H39N3O4S. The minimum absolute atomic E-state index is 0.0316. The van der Waals surface area contributed by atoms with E-state index < -0.39 is 10.0 Å². The second kappa shape index (κ2) is 11.9. The van der Waals surface area contributed by atoms with Crippen LogP contribution in [0.1, 0.15) is 49.9 Å². The van der Waals surface area contributed by atoms with Crippen molar-refractivity contribution in [1.82, 2.24) is 9.80 Å². The van der Waals surface area contributed by atoms with E-state index in [-0.39, 0.29) is 34.8 Å². The summed E-state index contributed by atoms with van der Waals surface area (Å²) in [5, 5.41) is 9.96. The Hall–Kier alpha value is -3.20. The molecule has 2 N–H and O–H groups in total. The van der Waals surface area contributed by atoms with Crippen LogP contribution in [0.5, 0.6) is 0 Å². The Balaban J connectivity index is 1.41. The van der Waals surface area contributed by atoms with Crippen molar-refractivity contribution in [2.75, 3.05) is 31.4 Å². The number of likely N-dealkylation sites (tertiary alicyclic amines) is 1. The fraction of sp³-hybridized carbons (Fsp3) is 0.387. The van der Waals surface area contributed by atoms with Crippen molar-refractivity contribution in [3.63, 3.8) is 0 Å². The maximum Gasteiger partial charge on any atom is 0.261 e. The Kier molecular flexibility index (Phi) is 8.79. The van der Waals surface area contributed by atoms with Gasteiger partial charge in [0.2, 0.25) is 5.91 Å². The molecule has 0 spiro atoms. The summed E-state index contributed by atoms with van der Waals surface area (Å²) >= 11 is 0. The molecule has 0 aliphatic carbocycles. The summed E-state index contributed by atoms with van der Waals surface area (Å²) in [6.45, 7) is 8.33. The molecule has 3 aromatic carbocycles. The zero-order valence-corrected chi connectivity index (χ0v) is 24.0. The summed E-state index contributed by atoms with van der Waals surface area (Å²) in [5.74, 6) is -0.0316. The zero-order chi connectivity index (χ0) is 28.2. The predicted molar refractivity (Wildman–Crippen MR) is 155 cm³/mol. The first kappa shape index (κ1) is 28.8. The number of likely N-dealkylation sites (N-methyl/N-ethyl adjacent to an activating group) is 1. The summed E-state index contributed by atoms with van der Waals surface area (Å²) in [4.78, 5) is 17.5. The van der Waals surface area contributed by atoms with Gasteiger partial charge in [-0.05, 0) is 52.8 Å². The van der Waals surface area contributed by atoms with Crippen molar-refractivity contribution in [2.24, 2.45) is 0 Å². The molecule has 1 aliphatic rings. The third-order valence-corrected chi connectivity index (χ3v) is 8.71. The lowest BCUT2D eigenvalue weighted by atomic mass is 9.87. The molecule has 1 aliphatic heterocycles. The fourth-order valence-electron chi connectivity index (χ4n) is 4.86. The van der Waals surface area contributed by atoms with Gasteiger partial charge in [0, 0.05) is 32.4 Å². The van der Waals surface area contributed by atoms with Gasteiger partial charge in [-0.2, -0.15) is 0 Å². The molecule has 208 valence electrons. The molecule has 1 fully saturated rings. The number of anilines is 1. The first-order chi connectivity index (χ1) is 18.4. The molecular weight excluding hydrogens is 510 g/mol. The molecule has 8 heteroatoms. The van der Waals surface area contributed by atoms with Crippen molar-refractivity contribution in [3.05, 3.63) is 95.6 Å². The van der Waals surface area contributed by atoms with Crippen LogP contribution in [0.4, 0.5) is 5.69 Å². The number of β-amino-alcohol motifs (C(OH)–C–C–N with tert-alkyl or cyclic N) is 1. The van der Waals surface area contributed by atoms with E-state index in [1.165, 1.54) is 0 Å². The molecule has 0 radical (unpaired) electrons. The van der Waals surface area contributed by atoms with Crippen LogP contribution in [-0.4, -0.2) is 62.0 Å². The second-order valence-electron chi connectivity index (χ2n) is 11.4. The number of aliphatic hydroxyl groups is 1. The van der Waals surface area contributed by atoms with Crippen LogP contribution in [0.3, 0.4) is 0 Å². The van der Waals surface area contributed by atoms with E-state index in [0.29, 0.717) is 18.8 Å². The highest BCUT2D eigenvalue weighted by atomic mass is 32.2. The molecule has 1 saturated heterocycles. The Morgan fingerprint density at radius 1 is 1.03 bits per heavy atom. The molecule has 0 unspecified atom stereocenters. The van der Waals surface area contributed by atoms with Crippen LogP contribution in [0.15, 0.2) is 83.8 Å². The first-order valence-electron chi connectivity index (χ1n) is 13.4. The zero-order valence-electron chi connectivity index (χ0n) is 23.2. The van der Waals surface area contributed by atoms with E-state index >= 15 is 0 Å². The minimum atomic E-state index is -3.73. The number of aliphatic hydroxyl groups excluding tert-OH is 1. The van der Waals surface area contributed by atoms with Crippen molar-refractivity contribution in [2.45, 2.75) is 56.1 Å². The number of carbonyl (C=O) groups excluding carboxylic acids is 1. The van der Waals surface area contributed by atoms with Gasteiger partial charge in [-0.25, -0.2) is 8.42 Å². The van der Waals surface area contributed by atoms with E-state index in [1.807, 2.05) is 49.5 Å². The third kappa shape index (κ3) is 7.47. The highest BCUT2D eigenvalue weighted by molar-refractivity contribution is 7.92. The number of sulfonamides is 1. The second-order valence-corrected chi connectivity index (χ2v) is 13.1. The van der Waals surface area contributed by atoms with Gasteiger partial charge in [-0.1, -0.05) is 75.4 Å². The normalized spacial score (nSPS) is 17.1. The van der Waals surface area contributed by atoms with E-state index in [1.54, 1.807) is 41.3 Å². The van der Waals surface area contributed by atoms with Gasteiger partial charge in [-0.3, -0.25) is 14.4 Å². The Bertz CT molecular complexity index is 1350.